The molecule has 13 heavy (non-hydrogen) atoms. The third-order valence-electron chi connectivity index (χ3n) is 2.88. The first-order valence-electron chi connectivity index (χ1n) is 5.33. The largest absolute Gasteiger partial charge is 0.328 e. The fraction of sp³-hybridized carbons (Fsp3) is 0.818. The van der Waals surface area contributed by atoms with Crippen LogP contribution in [0.3, 0.4) is 0 Å². The molecule has 1 fully saturated rings. The standard InChI is InChI=1S/C11H22N2/c1-3-4-7-13-8-5-6-11(9-13)10(2)12/h3-4,10-11H,5-9,12H2,1-2H3. The predicted octanol–water partition coefficient (Wildman–Crippen LogP) is 1.62. The van der Waals surface area contributed by atoms with Gasteiger partial charge in [0.2, 0.25) is 0 Å². The first kappa shape index (κ1) is 10.7. The normalized spacial score (nSPS) is 28.1. The summed E-state index contributed by atoms with van der Waals surface area (Å²) in [7, 11) is 0. The van der Waals surface area contributed by atoms with E-state index in [4.69, 9.17) is 5.73 Å². The van der Waals surface area contributed by atoms with Crippen LogP contribution in [0.15, 0.2) is 12.2 Å². The van der Waals surface area contributed by atoms with Gasteiger partial charge in [-0.05, 0) is 39.2 Å². The monoisotopic (exact) mass is 182 g/mol. The zero-order valence-corrected chi connectivity index (χ0v) is 8.87. The molecular formula is C11H22N2. The molecule has 0 radical (unpaired) electrons. The van der Waals surface area contributed by atoms with Crippen molar-refractivity contribution in [3.8, 4) is 0 Å². The van der Waals surface area contributed by atoms with Crippen LogP contribution in [0.4, 0.5) is 0 Å². The van der Waals surface area contributed by atoms with Gasteiger partial charge >= 0.3 is 0 Å². The highest BCUT2D eigenvalue weighted by molar-refractivity contribution is 4.85. The molecule has 2 N–H and O–H groups in total. The summed E-state index contributed by atoms with van der Waals surface area (Å²) in [6.07, 6.45) is 6.97. The summed E-state index contributed by atoms with van der Waals surface area (Å²) in [5.41, 5.74) is 5.91. The van der Waals surface area contributed by atoms with E-state index in [-0.39, 0.29) is 0 Å². The van der Waals surface area contributed by atoms with Gasteiger partial charge in [0, 0.05) is 19.1 Å². The van der Waals surface area contributed by atoms with Gasteiger partial charge < -0.3 is 5.73 Å². The maximum absolute atomic E-state index is 5.91. The maximum atomic E-state index is 5.91. The smallest absolute Gasteiger partial charge is 0.0163 e. The minimum absolute atomic E-state index is 0.355. The molecule has 0 saturated carbocycles. The molecule has 1 aliphatic heterocycles. The van der Waals surface area contributed by atoms with Crippen LogP contribution < -0.4 is 5.73 Å². The molecule has 2 nitrogen and oxygen atoms in total. The van der Waals surface area contributed by atoms with E-state index in [1.165, 1.54) is 25.9 Å². The summed E-state index contributed by atoms with van der Waals surface area (Å²) in [5, 5.41) is 0. The number of nitrogens with zero attached hydrogens (tertiary/aromatic N) is 1. The van der Waals surface area contributed by atoms with Crippen LogP contribution in [-0.4, -0.2) is 30.6 Å². The molecule has 0 spiro atoms. The van der Waals surface area contributed by atoms with Crippen molar-refractivity contribution in [2.75, 3.05) is 19.6 Å². The average molecular weight is 182 g/mol. The number of rotatable bonds is 3. The van der Waals surface area contributed by atoms with Crippen molar-refractivity contribution in [2.24, 2.45) is 11.7 Å². The Labute approximate surface area is 81.8 Å². The lowest BCUT2D eigenvalue weighted by Gasteiger charge is -2.33. The summed E-state index contributed by atoms with van der Waals surface area (Å²) in [4.78, 5) is 2.50. The number of hydrogen-bond acceptors (Lipinski definition) is 2. The van der Waals surface area contributed by atoms with Crippen molar-refractivity contribution in [2.45, 2.75) is 32.7 Å². The van der Waals surface area contributed by atoms with Crippen molar-refractivity contribution < 1.29 is 0 Å². The highest BCUT2D eigenvalue weighted by atomic mass is 15.1. The zero-order chi connectivity index (χ0) is 9.68. The second kappa shape index (κ2) is 5.40. The van der Waals surface area contributed by atoms with Gasteiger partial charge in [-0.3, -0.25) is 4.90 Å². The summed E-state index contributed by atoms with van der Waals surface area (Å²) < 4.78 is 0. The Hall–Kier alpha value is -0.340. The molecule has 1 saturated heterocycles. The molecule has 1 heterocycles. The molecule has 2 heteroatoms. The van der Waals surface area contributed by atoms with Crippen LogP contribution in [0.5, 0.6) is 0 Å². The van der Waals surface area contributed by atoms with E-state index in [1.54, 1.807) is 0 Å². The second-order valence-electron chi connectivity index (χ2n) is 4.09. The fourth-order valence-corrected chi connectivity index (χ4v) is 1.94. The molecule has 1 rings (SSSR count). The van der Waals surface area contributed by atoms with E-state index < -0.39 is 0 Å². The van der Waals surface area contributed by atoms with Gasteiger partial charge in [0.1, 0.15) is 0 Å². The highest BCUT2D eigenvalue weighted by Crippen LogP contribution is 2.18. The lowest BCUT2D eigenvalue weighted by molar-refractivity contribution is 0.175. The van der Waals surface area contributed by atoms with Crippen molar-refractivity contribution in [1.82, 2.24) is 4.90 Å². The SMILES string of the molecule is CC=CCN1CCCC(C(C)N)C1. The van der Waals surface area contributed by atoms with Crippen LogP contribution >= 0.6 is 0 Å². The Morgan fingerprint density at radius 1 is 1.62 bits per heavy atom. The topological polar surface area (TPSA) is 29.3 Å². The Morgan fingerprint density at radius 3 is 3.00 bits per heavy atom. The Morgan fingerprint density at radius 2 is 2.38 bits per heavy atom. The van der Waals surface area contributed by atoms with E-state index in [0.29, 0.717) is 12.0 Å². The molecule has 1 aliphatic rings. The number of piperidine rings is 1. The van der Waals surface area contributed by atoms with Crippen molar-refractivity contribution >= 4 is 0 Å². The second-order valence-corrected chi connectivity index (χ2v) is 4.09. The van der Waals surface area contributed by atoms with E-state index in [1.807, 2.05) is 0 Å². The average Bonchev–Trinajstić information content (AvgIpc) is 2.15. The molecule has 2 unspecified atom stereocenters. The first-order chi connectivity index (χ1) is 6.24. The van der Waals surface area contributed by atoms with Crippen molar-refractivity contribution in [3.63, 3.8) is 0 Å². The number of nitrogens with two attached hydrogens (primary N) is 1. The summed E-state index contributed by atoms with van der Waals surface area (Å²) in [5.74, 6) is 0.707. The zero-order valence-electron chi connectivity index (χ0n) is 8.87. The number of hydrogen-bond donors (Lipinski definition) is 1. The quantitative estimate of drug-likeness (QED) is 0.672. The lowest BCUT2D eigenvalue weighted by atomic mass is 9.92. The molecule has 0 aromatic rings. The third-order valence-corrected chi connectivity index (χ3v) is 2.88. The van der Waals surface area contributed by atoms with Gasteiger partial charge in [-0.15, -0.1) is 0 Å². The van der Waals surface area contributed by atoms with E-state index in [2.05, 4.69) is 30.9 Å². The Balaban J connectivity index is 2.33. The summed E-state index contributed by atoms with van der Waals surface area (Å²) in [6, 6.07) is 0.355. The van der Waals surface area contributed by atoms with E-state index in [9.17, 15) is 0 Å². The third kappa shape index (κ3) is 3.49. The molecule has 2 atom stereocenters. The van der Waals surface area contributed by atoms with Gasteiger partial charge in [-0.25, -0.2) is 0 Å². The molecule has 0 bridgehead atoms. The molecular weight excluding hydrogens is 160 g/mol. The van der Waals surface area contributed by atoms with Gasteiger partial charge in [-0.1, -0.05) is 12.2 Å². The maximum Gasteiger partial charge on any atom is 0.0163 e. The molecule has 0 aromatic carbocycles. The summed E-state index contributed by atoms with van der Waals surface area (Å²) in [6.45, 7) is 7.73. The van der Waals surface area contributed by atoms with Gasteiger partial charge in [0.25, 0.3) is 0 Å². The molecule has 0 amide bonds. The molecule has 0 aromatic heterocycles. The van der Waals surface area contributed by atoms with Gasteiger partial charge in [0.15, 0.2) is 0 Å². The molecule has 76 valence electrons. The van der Waals surface area contributed by atoms with E-state index >= 15 is 0 Å². The lowest BCUT2D eigenvalue weighted by Crippen LogP contribution is -2.42. The predicted molar refractivity (Wildman–Crippen MR) is 57.6 cm³/mol. The Kier molecular flexibility index (Phi) is 4.46. The van der Waals surface area contributed by atoms with Gasteiger partial charge in [-0.2, -0.15) is 0 Å². The van der Waals surface area contributed by atoms with Crippen LogP contribution in [0, 0.1) is 5.92 Å². The van der Waals surface area contributed by atoms with Crippen LogP contribution in [0.25, 0.3) is 0 Å². The minimum Gasteiger partial charge on any atom is -0.328 e. The van der Waals surface area contributed by atoms with Crippen LogP contribution in [0.2, 0.25) is 0 Å². The van der Waals surface area contributed by atoms with Gasteiger partial charge in [0.05, 0.1) is 0 Å². The number of likely N-dealkylation sites (tertiary alicyclic amines) is 1. The van der Waals surface area contributed by atoms with Crippen molar-refractivity contribution in [3.05, 3.63) is 12.2 Å². The molecule has 0 aliphatic carbocycles. The highest BCUT2D eigenvalue weighted by Gasteiger charge is 2.21. The fourth-order valence-electron chi connectivity index (χ4n) is 1.94. The summed E-state index contributed by atoms with van der Waals surface area (Å²) >= 11 is 0. The minimum atomic E-state index is 0.355. The van der Waals surface area contributed by atoms with Crippen LogP contribution in [0.1, 0.15) is 26.7 Å². The first-order valence-corrected chi connectivity index (χ1v) is 5.33. The number of allylic oxidation sites excluding steroid dienone is 1. The van der Waals surface area contributed by atoms with Crippen molar-refractivity contribution in [1.29, 1.82) is 0 Å². The van der Waals surface area contributed by atoms with Crippen LogP contribution in [-0.2, 0) is 0 Å². The van der Waals surface area contributed by atoms with E-state index in [0.717, 1.165) is 6.54 Å². The Bertz CT molecular complexity index is 163.